The molecule has 0 saturated carbocycles. The molecule has 0 radical (unpaired) electrons. The zero-order chi connectivity index (χ0) is 6.10. The smallest absolute Gasteiger partial charge is 0.0193 e. The van der Waals surface area contributed by atoms with Crippen LogP contribution in [0.3, 0.4) is 0 Å². The van der Waals surface area contributed by atoms with Crippen LogP contribution in [-0.2, 0) is 0 Å². The molecule has 2 heterocycles. The lowest BCUT2D eigenvalue weighted by Gasteiger charge is -2.02. The molecule has 0 amide bonds. The third kappa shape index (κ3) is 0.793. The van der Waals surface area contributed by atoms with E-state index in [-0.39, 0.29) is 10.7 Å². The second kappa shape index (κ2) is 1.95. The Morgan fingerprint density at radius 2 is 2.56 bits per heavy atom. The van der Waals surface area contributed by atoms with Gasteiger partial charge in [0.2, 0.25) is 0 Å². The summed E-state index contributed by atoms with van der Waals surface area (Å²) in [6.45, 7) is 0. The summed E-state index contributed by atoms with van der Waals surface area (Å²) >= 11 is 0. The molecule has 1 nitrogen and oxygen atoms in total. The van der Waals surface area contributed by atoms with Crippen LogP contribution in [0.1, 0.15) is 6.42 Å². The number of allylic oxidation sites excluding steroid dienone is 3. The molecule has 0 saturated heterocycles. The van der Waals surface area contributed by atoms with E-state index in [0.717, 1.165) is 6.42 Å². The lowest BCUT2D eigenvalue weighted by Crippen LogP contribution is -1.79. The fraction of sp³-hybridized carbons (Fsp3) is 0.143. The largest absolute Gasteiger partial charge is 0.231 e. The zero-order valence-electron chi connectivity index (χ0n) is 4.95. The van der Waals surface area contributed by atoms with Crippen LogP contribution in [0.5, 0.6) is 0 Å². The summed E-state index contributed by atoms with van der Waals surface area (Å²) in [5.74, 6) is 0. The summed E-state index contributed by atoms with van der Waals surface area (Å²) in [6.07, 6.45) is 9.44. The molecule has 0 aromatic carbocycles. The molecule has 1 atom stereocenters. The van der Waals surface area contributed by atoms with E-state index in [1.54, 1.807) is 0 Å². The van der Waals surface area contributed by atoms with Gasteiger partial charge >= 0.3 is 0 Å². The molecule has 1 unspecified atom stereocenters. The highest BCUT2D eigenvalue weighted by molar-refractivity contribution is 8.18. The zero-order valence-corrected chi connectivity index (χ0v) is 5.77. The van der Waals surface area contributed by atoms with Crippen molar-refractivity contribution in [1.82, 2.24) is 0 Å². The molecule has 9 heavy (non-hydrogen) atoms. The molecule has 2 rings (SSSR count). The third-order valence-electron chi connectivity index (χ3n) is 1.32. The molecule has 0 aliphatic carbocycles. The van der Waals surface area contributed by atoms with Gasteiger partial charge in [-0.15, -0.1) is 0 Å². The molecule has 2 heteroatoms. The molecular weight excluding hydrogens is 130 g/mol. The summed E-state index contributed by atoms with van der Waals surface area (Å²) in [4.78, 5) is 1.39. The van der Waals surface area contributed by atoms with Gasteiger partial charge in [-0.05, 0) is 22.1 Å². The molecule has 46 valence electrons. The molecule has 0 spiro atoms. The molecule has 0 fully saturated rings. The molecule has 0 N–H and O–H groups in total. The van der Waals surface area contributed by atoms with Gasteiger partial charge in [0.15, 0.2) is 0 Å². The monoisotopic (exact) mass is 137 g/mol. The first-order valence-corrected chi connectivity index (χ1v) is 4.19. The van der Waals surface area contributed by atoms with Gasteiger partial charge in [0.05, 0.1) is 0 Å². The molecule has 2 aliphatic rings. The average molecular weight is 137 g/mol. The summed E-state index contributed by atoms with van der Waals surface area (Å²) in [7, 11) is 0.109. The quantitative estimate of drug-likeness (QED) is 0.452. The van der Waals surface area contributed by atoms with Crippen LogP contribution in [0.25, 0.3) is 0 Å². The van der Waals surface area contributed by atoms with Crippen LogP contribution in [0.15, 0.2) is 27.5 Å². The predicted molar refractivity (Wildman–Crippen MR) is 44.0 cm³/mol. The fourth-order valence-corrected chi connectivity index (χ4v) is 2.21. The van der Waals surface area contributed by atoms with E-state index in [9.17, 15) is 0 Å². The molecule has 2 aliphatic heterocycles. The average Bonchev–Trinajstić information content (AvgIpc) is 2.33. The van der Waals surface area contributed by atoms with Crippen molar-refractivity contribution < 1.29 is 0 Å². The van der Waals surface area contributed by atoms with Gasteiger partial charge in [0, 0.05) is 17.5 Å². The minimum atomic E-state index is 0.109. The Labute approximate surface area is 56.9 Å². The van der Waals surface area contributed by atoms with Gasteiger partial charge in [-0.2, -0.15) is 0 Å². The minimum Gasteiger partial charge on any atom is -0.231 e. The maximum absolute atomic E-state index is 4.31. The SMILES string of the molecule is C1=CC2=CCC=NS2=C1. The maximum atomic E-state index is 4.31. The van der Waals surface area contributed by atoms with Crippen molar-refractivity contribution in [2.45, 2.75) is 6.42 Å². The van der Waals surface area contributed by atoms with E-state index >= 15 is 0 Å². The topological polar surface area (TPSA) is 12.4 Å². The maximum Gasteiger partial charge on any atom is 0.0193 e. The minimum absolute atomic E-state index is 0.109. The predicted octanol–water partition coefficient (Wildman–Crippen LogP) is 1.90. The van der Waals surface area contributed by atoms with E-state index in [4.69, 9.17) is 0 Å². The van der Waals surface area contributed by atoms with Crippen LogP contribution in [0.2, 0.25) is 0 Å². The highest BCUT2D eigenvalue weighted by Crippen LogP contribution is 2.33. The Hall–Kier alpha value is -0.630. The van der Waals surface area contributed by atoms with E-state index in [0.29, 0.717) is 0 Å². The number of rotatable bonds is 0. The first-order valence-electron chi connectivity index (χ1n) is 2.94. The number of fused-ring (bicyclic) bond motifs is 1. The Morgan fingerprint density at radius 1 is 1.56 bits per heavy atom. The second-order valence-electron chi connectivity index (χ2n) is 1.94. The Morgan fingerprint density at radius 3 is 3.44 bits per heavy atom. The van der Waals surface area contributed by atoms with Crippen LogP contribution >= 0.6 is 10.7 Å². The summed E-state index contributed by atoms with van der Waals surface area (Å²) in [5.41, 5.74) is 0. The first-order chi connectivity index (χ1) is 4.47. The number of hydrogen-bond donors (Lipinski definition) is 0. The van der Waals surface area contributed by atoms with Gasteiger partial charge in [0.25, 0.3) is 0 Å². The van der Waals surface area contributed by atoms with Crippen molar-refractivity contribution in [2.75, 3.05) is 0 Å². The Kier molecular flexibility index (Phi) is 1.12. The second-order valence-corrected chi connectivity index (χ2v) is 3.52. The Balaban J connectivity index is 2.46. The van der Waals surface area contributed by atoms with Crippen LogP contribution < -0.4 is 0 Å². The highest BCUT2D eigenvalue weighted by Gasteiger charge is 2.03. The van der Waals surface area contributed by atoms with E-state index in [2.05, 4.69) is 28.0 Å². The summed E-state index contributed by atoms with van der Waals surface area (Å²) < 4.78 is 4.31. The van der Waals surface area contributed by atoms with Crippen molar-refractivity contribution in [3.05, 3.63) is 23.1 Å². The first kappa shape index (κ1) is 5.18. The lowest BCUT2D eigenvalue weighted by molar-refractivity contribution is 1.50. The standard InChI is InChI=1S/C7H7NS/c1-3-7-4-2-6-9(7)8-5-1/h2-6H,1H2. The molecule has 0 bridgehead atoms. The molecule has 0 aromatic heterocycles. The highest BCUT2D eigenvalue weighted by atomic mass is 32.2. The molecule has 0 aromatic rings. The molecular formula is C7H7NS. The van der Waals surface area contributed by atoms with Gasteiger partial charge in [-0.25, -0.2) is 4.40 Å². The van der Waals surface area contributed by atoms with E-state index in [1.165, 1.54) is 4.91 Å². The number of hydrogen-bond acceptors (Lipinski definition) is 1. The Bertz CT molecular complexity index is 246. The third-order valence-corrected chi connectivity index (χ3v) is 2.90. The van der Waals surface area contributed by atoms with Gasteiger partial charge < -0.3 is 0 Å². The number of nitrogens with zero attached hydrogens (tertiary/aromatic N) is 1. The van der Waals surface area contributed by atoms with E-state index in [1.807, 2.05) is 6.21 Å². The summed E-state index contributed by atoms with van der Waals surface area (Å²) in [5, 5.41) is 2.14. The van der Waals surface area contributed by atoms with Crippen molar-refractivity contribution >= 4 is 22.3 Å². The van der Waals surface area contributed by atoms with Gasteiger partial charge in [-0.3, -0.25) is 0 Å². The normalized spacial score (nSPS) is 29.3. The van der Waals surface area contributed by atoms with Crippen LogP contribution in [-0.4, -0.2) is 11.6 Å². The van der Waals surface area contributed by atoms with Crippen LogP contribution in [0, 0.1) is 0 Å². The fourth-order valence-electron chi connectivity index (χ4n) is 0.898. The lowest BCUT2D eigenvalue weighted by atomic mass is 10.4. The van der Waals surface area contributed by atoms with Crippen molar-refractivity contribution in [3.63, 3.8) is 0 Å². The van der Waals surface area contributed by atoms with Gasteiger partial charge in [0.1, 0.15) is 0 Å². The van der Waals surface area contributed by atoms with Gasteiger partial charge in [-0.1, -0.05) is 12.2 Å². The van der Waals surface area contributed by atoms with Crippen molar-refractivity contribution in [1.29, 1.82) is 0 Å². The van der Waals surface area contributed by atoms with E-state index < -0.39 is 0 Å². The summed E-state index contributed by atoms with van der Waals surface area (Å²) in [6, 6.07) is 0. The van der Waals surface area contributed by atoms with Crippen molar-refractivity contribution in [2.24, 2.45) is 4.40 Å². The van der Waals surface area contributed by atoms with Crippen LogP contribution in [0.4, 0.5) is 0 Å². The van der Waals surface area contributed by atoms with Crippen molar-refractivity contribution in [3.8, 4) is 0 Å².